The van der Waals surface area contributed by atoms with Gasteiger partial charge in [-0.2, -0.15) is 0 Å². The number of rotatable bonds is 34. The fraction of sp³-hybridized carbons (Fsp3) is 0.949. The topological polar surface area (TPSA) is 58.6 Å². The summed E-state index contributed by atoms with van der Waals surface area (Å²) < 4.78 is 5.78. The maximum atomic E-state index is 13.0. The van der Waals surface area contributed by atoms with Gasteiger partial charge in [-0.3, -0.25) is 9.59 Å². The summed E-state index contributed by atoms with van der Waals surface area (Å²) in [6, 6.07) is 0.340. The van der Waals surface area contributed by atoms with E-state index in [9.17, 15) is 9.59 Å². The van der Waals surface area contributed by atoms with Crippen LogP contribution in [0.15, 0.2) is 0 Å². The van der Waals surface area contributed by atoms with Crippen LogP contribution in [0, 0.1) is 5.92 Å². The highest BCUT2D eigenvalue weighted by molar-refractivity contribution is 8.13. The van der Waals surface area contributed by atoms with Crippen LogP contribution in [0.2, 0.25) is 0 Å². The molecule has 0 aliphatic rings. The molecule has 268 valence electrons. The first-order valence-electron chi connectivity index (χ1n) is 19.7. The Balaban J connectivity index is 4.28. The van der Waals surface area contributed by atoms with Crippen LogP contribution in [-0.2, 0) is 9.53 Å². The van der Waals surface area contributed by atoms with Gasteiger partial charge in [-0.1, -0.05) is 161 Å². The Morgan fingerprint density at radius 2 is 1.04 bits per heavy atom. The fourth-order valence-electron chi connectivity index (χ4n) is 5.87. The monoisotopic (exact) mass is 655 g/mol. The zero-order valence-corrected chi connectivity index (χ0v) is 31.8. The van der Waals surface area contributed by atoms with Crippen molar-refractivity contribution in [3.63, 3.8) is 0 Å². The molecular weight excluding hydrogens is 577 g/mol. The lowest BCUT2D eigenvalue weighted by Crippen LogP contribution is -2.32. The Labute approximate surface area is 285 Å². The molecule has 0 aromatic carbocycles. The molecule has 0 saturated heterocycles. The molecule has 1 atom stereocenters. The number of hydrogen-bond donors (Lipinski definition) is 1. The minimum atomic E-state index is -0.00748. The second kappa shape index (κ2) is 34.6. The fourth-order valence-corrected chi connectivity index (χ4v) is 6.80. The van der Waals surface area contributed by atoms with Crippen LogP contribution in [0.5, 0.6) is 0 Å². The molecule has 0 aliphatic carbocycles. The van der Waals surface area contributed by atoms with Crippen molar-refractivity contribution >= 4 is 23.0 Å². The minimum Gasteiger partial charge on any atom is -0.465 e. The molecule has 0 radical (unpaired) electrons. The number of carbonyl (C=O) groups excluding carboxylic acids is 2. The number of esters is 1. The van der Waals surface area contributed by atoms with Crippen molar-refractivity contribution in [2.45, 2.75) is 201 Å². The summed E-state index contributed by atoms with van der Waals surface area (Å²) in [6.07, 6.45) is 31.6. The van der Waals surface area contributed by atoms with Crippen molar-refractivity contribution in [1.82, 2.24) is 10.2 Å². The third kappa shape index (κ3) is 30.3. The Kier molecular flexibility index (Phi) is 34.0. The lowest BCUT2D eigenvalue weighted by molar-refractivity contribution is -0.145. The second-order valence-corrected chi connectivity index (χ2v) is 14.7. The van der Waals surface area contributed by atoms with E-state index in [1.54, 1.807) is 0 Å². The van der Waals surface area contributed by atoms with Gasteiger partial charge in [0, 0.05) is 31.3 Å². The van der Waals surface area contributed by atoms with E-state index in [-0.39, 0.29) is 11.2 Å². The average molecular weight is 655 g/mol. The van der Waals surface area contributed by atoms with Crippen molar-refractivity contribution in [3.8, 4) is 0 Å². The molecule has 1 N–H and O–H groups in total. The van der Waals surface area contributed by atoms with Gasteiger partial charge in [-0.05, 0) is 52.0 Å². The lowest BCUT2D eigenvalue weighted by atomic mass is 9.95. The predicted molar refractivity (Wildman–Crippen MR) is 199 cm³/mol. The SMILES string of the molecule is CCCCCCCCCCN(CCCCCCCC(=O)OCC(CCCCCCC)CCCCCCC)C(=O)SCC(C)NC. The highest BCUT2D eigenvalue weighted by Crippen LogP contribution is 2.20. The summed E-state index contributed by atoms with van der Waals surface area (Å²) in [5, 5.41) is 3.48. The summed E-state index contributed by atoms with van der Waals surface area (Å²) in [6.45, 7) is 11.3. The summed E-state index contributed by atoms with van der Waals surface area (Å²) in [4.78, 5) is 27.6. The van der Waals surface area contributed by atoms with Gasteiger partial charge in [0.1, 0.15) is 0 Å². The van der Waals surface area contributed by atoms with E-state index < -0.39 is 0 Å². The van der Waals surface area contributed by atoms with E-state index in [1.165, 1.54) is 134 Å². The van der Waals surface area contributed by atoms with E-state index in [4.69, 9.17) is 4.74 Å². The largest absolute Gasteiger partial charge is 0.465 e. The molecule has 0 bridgehead atoms. The van der Waals surface area contributed by atoms with Crippen molar-refractivity contribution in [3.05, 3.63) is 0 Å². The number of nitrogens with one attached hydrogen (secondary N) is 1. The third-order valence-corrected chi connectivity index (χ3v) is 10.4. The predicted octanol–water partition coefficient (Wildman–Crippen LogP) is 12.1. The molecule has 0 heterocycles. The average Bonchev–Trinajstić information content (AvgIpc) is 3.04. The van der Waals surface area contributed by atoms with Crippen molar-refractivity contribution in [1.29, 1.82) is 0 Å². The Bertz CT molecular complexity index is 634. The van der Waals surface area contributed by atoms with E-state index >= 15 is 0 Å². The molecule has 0 aliphatic heterocycles. The van der Waals surface area contributed by atoms with E-state index in [0.717, 1.165) is 57.4 Å². The Morgan fingerprint density at radius 1 is 0.622 bits per heavy atom. The molecular formula is C39H78N2O3S. The van der Waals surface area contributed by atoms with Crippen LogP contribution in [0.25, 0.3) is 0 Å². The second-order valence-electron chi connectivity index (χ2n) is 13.7. The number of carbonyl (C=O) groups is 2. The maximum absolute atomic E-state index is 13.0. The van der Waals surface area contributed by atoms with Crippen LogP contribution < -0.4 is 5.32 Å². The normalized spacial score (nSPS) is 12.1. The van der Waals surface area contributed by atoms with Gasteiger partial charge in [0.25, 0.3) is 5.24 Å². The summed E-state index contributed by atoms with van der Waals surface area (Å²) in [5.74, 6) is 1.35. The summed E-state index contributed by atoms with van der Waals surface area (Å²) in [7, 11) is 1.96. The van der Waals surface area contributed by atoms with Crippen molar-refractivity contribution < 1.29 is 14.3 Å². The Hall–Kier alpha value is -0.750. The number of hydrogen-bond acceptors (Lipinski definition) is 5. The van der Waals surface area contributed by atoms with Crippen LogP contribution in [0.1, 0.15) is 195 Å². The van der Waals surface area contributed by atoms with Gasteiger partial charge in [-0.25, -0.2) is 0 Å². The Morgan fingerprint density at radius 3 is 1.51 bits per heavy atom. The van der Waals surface area contributed by atoms with E-state index in [1.807, 2.05) is 7.05 Å². The van der Waals surface area contributed by atoms with Crippen LogP contribution in [-0.4, -0.2) is 54.6 Å². The molecule has 0 rings (SSSR count). The lowest BCUT2D eigenvalue weighted by Gasteiger charge is -2.23. The van der Waals surface area contributed by atoms with Gasteiger partial charge in [0.15, 0.2) is 0 Å². The first kappa shape index (κ1) is 44.2. The number of ether oxygens (including phenoxy) is 1. The number of amides is 1. The van der Waals surface area contributed by atoms with Crippen molar-refractivity contribution in [2.75, 3.05) is 32.5 Å². The first-order valence-corrected chi connectivity index (χ1v) is 20.7. The maximum Gasteiger partial charge on any atom is 0.305 e. The smallest absolute Gasteiger partial charge is 0.305 e. The zero-order chi connectivity index (χ0) is 33.2. The van der Waals surface area contributed by atoms with Crippen LogP contribution >= 0.6 is 11.8 Å². The number of thioether (sulfide) groups is 1. The van der Waals surface area contributed by atoms with E-state index in [0.29, 0.717) is 25.0 Å². The standard InChI is InChI=1S/C39H78N2O3S/c1-6-9-12-15-16-17-22-27-32-41(39(43)45-35-36(4)40-5)33-28-23-18-21-26-31-38(42)44-34-37(29-24-19-13-10-7-2)30-25-20-14-11-8-3/h36-37,40H,6-35H2,1-5H3. The molecule has 45 heavy (non-hydrogen) atoms. The number of unbranched alkanes of at least 4 members (excludes halogenated alkanes) is 19. The molecule has 0 fully saturated rings. The van der Waals surface area contributed by atoms with Gasteiger partial charge >= 0.3 is 5.97 Å². The summed E-state index contributed by atoms with van der Waals surface area (Å²) >= 11 is 1.46. The van der Waals surface area contributed by atoms with Crippen LogP contribution in [0.3, 0.4) is 0 Å². The van der Waals surface area contributed by atoms with Crippen molar-refractivity contribution in [2.24, 2.45) is 5.92 Å². The third-order valence-electron chi connectivity index (χ3n) is 9.21. The van der Waals surface area contributed by atoms with Gasteiger partial charge in [-0.15, -0.1) is 0 Å². The van der Waals surface area contributed by atoms with Gasteiger partial charge in [0.2, 0.25) is 0 Å². The molecule has 6 heteroatoms. The quantitative estimate of drug-likeness (QED) is 0.0552. The molecule has 1 amide bonds. The van der Waals surface area contributed by atoms with E-state index in [2.05, 4.69) is 37.9 Å². The summed E-state index contributed by atoms with van der Waals surface area (Å²) in [5.41, 5.74) is 0. The van der Waals surface area contributed by atoms with Crippen LogP contribution in [0.4, 0.5) is 4.79 Å². The zero-order valence-electron chi connectivity index (χ0n) is 30.9. The molecule has 0 saturated carbocycles. The highest BCUT2D eigenvalue weighted by Gasteiger charge is 2.15. The molecule has 0 spiro atoms. The first-order chi connectivity index (χ1) is 22.0. The molecule has 0 aromatic heterocycles. The van der Waals surface area contributed by atoms with Gasteiger partial charge < -0.3 is 15.0 Å². The number of nitrogens with zero attached hydrogens (tertiary/aromatic N) is 1. The molecule has 5 nitrogen and oxygen atoms in total. The minimum absolute atomic E-state index is 0.00748. The molecule has 0 aromatic rings. The highest BCUT2D eigenvalue weighted by atomic mass is 32.2. The van der Waals surface area contributed by atoms with Gasteiger partial charge in [0.05, 0.1) is 6.61 Å². The molecule has 1 unspecified atom stereocenters.